The van der Waals surface area contributed by atoms with Crippen LogP contribution in [0.1, 0.15) is 33.1 Å². The minimum atomic E-state index is 0.697. The Hall–Kier alpha value is -1.69. The van der Waals surface area contributed by atoms with Crippen LogP contribution in [0.2, 0.25) is 0 Å². The SMILES string of the molecule is CCC(CC)CCNCNc1ncnc2c1ncn2C. The van der Waals surface area contributed by atoms with Gasteiger partial charge in [0.05, 0.1) is 13.0 Å². The van der Waals surface area contributed by atoms with Gasteiger partial charge in [-0.3, -0.25) is 0 Å². The predicted molar refractivity (Wildman–Crippen MR) is 81.5 cm³/mol. The minimum absolute atomic E-state index is 0.697. The highest BCUT2D eigenvalue weighted by Crippen LogP contribution is 2.15. The van der Waals surface area contributed by atoms with E-state index in [0.717, 1.165) is 29.4 Å². The first-order valence-electron chi connectivity index (χ1n) is 7.32. The molecule has 0 unspecified atom stereocenters. The number of aryl methyl sites for hydroxylation is 1. The largest absolute Gasteiger partial charge is 0.356 e. The van der Waals surface area contributed by atoms with Crippen LogP contribution >= 0.6 is 0 Å². The van der Waals surface area contributed by atoms with Gasteiger partial charge in [-0.05, 0) is 18.9 Å². The van der Waals surface area contributed by atoms with Crippen molar-refractivity contribution >= 4 is 17.0 Å². The van der Waals surface area contributed by atoms with Crippen LogP contribution in [0.4, 0.5) is 5.82 Å². The fraction of sp³-hybridized carbons (Fsp3) is 0.643. The van der Waals surface area contributed by atoms with E-state index in [4.69, 9.17) is 0 Å². The lowest BCUT2D eigenvalue weighted by Gasteiger charge is -2.13. The molecule has 0 aliphatic rings. The highest BCUT2D eigenvalue weighted by atomic mass is 15.2. The second-order valence-electron chi connectivity index (χ2n) is 5.07. The predicted octanol–water partition coefficient (Wildman–Crippen LogP) is 2.15. The summed E-state index contributed by atoms with van der Waals surface area (Å²) in [6.07, 6.45) is 7.05. The van der Waals surface area contributed by atoms with E-state index in [2.05, 4.69) is 39.4 Å². The second kappa shape index (κ2) is 7.19. The maximum absolute atomic E-state index is 4.32. The first-order valence-corrected chi connectivity index (χ1v) is 7.32. The lowest BCUT2D eigenvalue weighted by Crippen LogP contribution is -2.25. The van der Waals surface area contributed by atoms with E-state index in [-0.39, 0.29) is 0 Å². The van der Waals surface area contributed by atoms with E-state index in [1.807, 2.05) is 11.6 Å². The fourth-order valence-electron chi connectivity index (χ4n) is 2.31. The summed E-state index contributed by atoms with van der Waals surface area (Å²) in [4.78, 5) is 12.8. The van der Waals surface area contributed by atoms with Crippen molar-refractivity contribution in [2.45, 2.75) is 33.1 Å². The van der Waals surface area contributed by atoms with E-state index in [1.165, 1.54) is 19.3 Å². The molecule has 0 bridgehead atoms. The molecule has 20 heavy (non-hydrogen) atoms. The van der Waals surface area contributed by atoms with Crippen LogP contribution in [0.5, 0.6) is 0 Å². The van der Waals surface area contributed by atoms with Crippen LogP contribution in [-0.4, -0.2) is 32.7 Å². The molecule has 2 rings (SSSR count). The summed E-state index contributed by atoms with van der Waals surface area (Å²) >= 11 is 0. The standard InChI is InChI=1S/C14H24N6/c1-4-11(5-2)6-7-15-8-16-13-12-14(18-9-17-13)20(3)10-19-12/h9-11,15H,4-8H2,1-3H3,(H,16,17,18). The van der Waals surface area contributed by atoms with Crippen molar-refractivity contribution in [1.29, 1.82) is 0 Å². The zero-order chi connectivity index (χ0) is 14.4. The molecule has 2 aromatic rings. The summed E-state index contributed by atoms with van der Waals surface area (Å²) in [5.74, 6) is 1.61. The Morgan fingerprint density at radius 2 is 2.00 bits per heavy atom. The van der Waals surface area contributed by atoms with Gasteiger partial charge >= 0.3 is 0 Å². The zero-order valence-electron chi connectivity index (χ0n) is 12.6. The number of fused-ring (bicyclic) bond motifs is 1. The molecule has 0 saturated carbocycles. The molecule has 0 aliphatic heterocycles. The molecule has 110 valence electrons. The maximum Gasteiger partial charge on any atom is 0.165 e. The lowest BCUT2D eigenvalue weighted by molar-refractivity contribution is 0.442. The third kappa shape index (κ3) is 3.45. The lowest BCUT2D eigenvalue weighted by atomic mass is 10.00. The molecule has 2 heterocycles. The van der Waals surface area contributed by atoms with Crippen molar-refractivity contribution in [2.24, 2.45) is 13.0 Å². The molecule has 0 aromatic carbocycles. The maximum atomic E-state index is 4.32. The van der Waals surface area contributed by atoms with Gasteiger partial charge in [0.25, 0.3) is 0 Å². The third-order valence-electron chi connectivity index (χ3n) is 3.76. The van der Waals surface area contributed by atoms with Crippen LogP contribution in [0.25, 0.3) is 11.2 Å². The molecule has 0 fully saturated rings. The summed E-state index contributed by atoms with van der Waals surface area (Å²) in [5, 5.41) is 6.67. The Kier molecular flexibility index (Phi) is 5.29. The Labute approximate surface area is 120 Å². The summed E-state index contributed by atoms with van der Waals surface area (Å²) in [6.45, 7) is 6.23. The van der Waals surface area contributed by atoms with Gasteiger partial charge in [-0.2, -0.15) is 0 Å². The van der Waals surface area contributed by atoms with E-state index < -0.39 is 0 Å². The molecule has 0 radical (unpaired) electrons. The number of rotatable bonds is 8. The summed E-state index contributed by atoms with van der Waals surface area (Å²) < 4.78 is 1.89. The van der Waals surface area contributed by atoms with Gasteiger partial charge < -0.3 is 15.2 Å². The van der Waals surface area contributed by atoms with Crippen LogP contribution in [0, 0.1) is 5.92 Å². The fourth-order valence-corrected chi connectivity index (χ4v) is 2.31. The van der Waals surface area contributed by atoms with Crippen molar-refractivity contribution in [1.82, 2.24) is 24.8 Å². The smallest absolute Gasteiger partial charge is 0.165 e. The molecule has 0 spiro atoms. The van der Waals surface area contributed by atoms with Gasteiger partial charge in [-0.1, -0.05) is 26.7 Å². The average molecular weight is 276 g/mol. The highest BCUT2D eigenvalue weighted by Gasteiger charge is 2.07. The molecule has 0 aliphatic carbocycles. The van der Waals surface area contributed by atoms with Gasteiger partial charge in [-0.25, -0.2) is 15.0 Å². The van der Waals surface area contributed by atoms with Crippen LogP contribution < -0.4 is 10.6 Å². The van der Waals surface area contributed by atoms with Gasteiger partial charge in [0, 0.05) is 7.05 Å². The van der Waals surface area contributed by atoms with E-state index in [0.29, 0.717) is 6.67 Å². The molecule has 0 atom stereocenters. The third-order valence-corrected chi connectivity index (χ3v) is 3.76. The Morgan fingerprint density at radius 1 is 1.20 bits per heavy atom. The first-order chi connectivity index (χ1) is 9.76. The molecule has 6 nitrogen and oxygen atoms in total. The van der Waals surface area contributed by atoms with Crippen molar-refractivity contribution in [2.75, 3.05) is 18.5 Å². The van der Waals surface area contributed by atoms with Gasteiger partial charge in [-0.15, -0.1) is 0 Å². The number of imidazole rings is 1. The first kappa shape index (κ1) is 14.7. The number of hydrogen-bond donors (Lipinski definition) is 2. The van der Waals surface area contributed by atoms with Crippen molar-refractivity contribution in [3.8, 4) is 0 Å². The topological polar surface area (TPSA) is 67.7 Å². The summed E-state index contributed by atoms with van der Waals surface area (Å²) in [7, 11) is 1.93. The Bertz CT molecular complexity index is 531. The van der Waals surface area contributed by atoms with Gasteiger partial charge in [0.2, 0.25) is 0 Å². The number of anilines is 1. The Balaban J connectivity index is 1.81. The van der Waals surface area contributed by atoms with E-state index >= 15 is 0 Å². The van der Waals surface area contributed by atoms with Crippen LogP contribution in [0.3, 0.4) is 0 Å². The number of nitrogens with one attached hydrogen (secondary N) is 2. The zero-order valence-corrected chi connectivity index (χ0v) is 12.6. The number of nitrogens with zero attached hydrogens (tertiary/aromatic N) is 4. The molecule has 0 amide bonds. The highest BCUT2D eigenvalue weighted by molar-refractivity contribution is 5.82. The quantitative estimate of drug-likeness (QED) is 0.571. The average Bonchev–Trinajstić information content (AvgIpc) is 2.85. The second-order valence-corrected chi connectivity index (χ2v) is 5.07. The summed E-state index contributed by atoms with van der Waals surface area (Å²) in [5.41, 5.74) is 1.66. The van der Waals surface area contributed by atoms with Crippen LogP contribution in [-0.2, 0) is 7.05 Å². The minimum Gasteiger partial charge on any atom is -0.356 e. The van der Waals surface area contributed by atoms with E-state index in [1.54, 1.807) is 12.7 Å². The molecule has 2 N–H and O–H groups in total. The van der Waals surface area contributed by atoms with E-state index in [9.17, 15) is 0 Å². The molecule has 0 saturated heterocycles. The normalized spacial score (nSPS) is 11.4. The Morgan fingerprint density at radius 3 is 2.75 bits per heavy atom. The van der Waals surface area contributed by atoms with Crippen molar-refractivity contribution < 1.29 is 0 Å². The summed E-state index contributed by atoms with van der Waals surface area (Å²) in [6, 6.07) is 0. The number of aromatic nitrogens is 4. The molecule has 6 heteroatoms. The van der Waals surface area contributed by atoms with Gasteiger partial charge in [0.1, 0.15) is 11.8 Å². The van der Waals surface area contributed by atoms with Crippen molar-refractivity contribution in [3.05, 3.63) is 12.7 Å². The van der Waals surface area contributed by atoms with Crippen molar-refractivity contribution in [3.63, 3.8) is 0 Å². The molecular weight excluding hydrogens is 252 g/mol. The van der Waals surface area contributed by atoms with Gasteiger partial charge in [0.15, 0.2) is 11.5 Å². The molecule has 2 aromatic heterocycles. The number of hydrogen-bond acceptors (Lipinski definition) is 5. The monoisotopic (exact) mass is 276 g/mol. The van der Waals surface area contributed by atoms with Crippen LogP contribution in [0.15, 0.2) is 12.7 Å². The molecular formula is C14H24N6.